The van der Waals surface area contributed by atoms with E-state index in [0.29, 0.717) is 16.3 Å². The standard InChI is InChI=1S/C17H15ClN6O5S2/c18-8-1-7(3-20-9(8)2-19)31-16-15(27)13(14(26)12(5-25)29-16)24-4-10(22-23-24)11-6-30-17(28)21-11/h1,3-4,6,12-16,25-27H,5H2,(H,21,28)/t12?,13-,14-,15?,16+/m0/s1. The fraction of sp³-hybridized carbons (Fsp3) is 0.353. The number of hydrogen-bond acceptors (Lipinski definition) is 12. The Kier molecular flexibility index (Phi) is 6.39. The molecule has 5 atom stereocenters. The number of hydrogen-bond donors (Lipinski definition) is 4. The molecule has 0 radical (unpaired) electrons. The molecule has 1 fully saturated rings. The number of thioether (sulfide) groups is 1. The van der Waals surface area contributed by atoms with Crippen LogP contribution in [0.5, 0.6) is 5.19 Å². The van der Waals surface area contributed by atoms with Gasteiger partial charge in [-0.2, -0.15) is 5.26 Å². The first-order valence-electron chi connectivity index (χ1n) is 8.82. The van der Waals surface area contributed by atoms with Crippen molar-refractivity contribution >= 4 is 34.7 Å². The van der Waals surface area contributed by atoms with Crippen LogP contribution in [0.1, 0.15) is 11.7 Å². The summed E-state index contributed by atoms with van der Waals surface area (Å²) in [6.07, 6.45) is -0.633. The van der Waals surface area contributed by atoms with Crippen LogP contribution in [0.25, 0.3) is 11.4 Å². The van der Waals surface area contributed by atoms with Crippen molar-refractivity contribution in [2.24, 2.45) is 0 Å². The van der Waals surface area contributed by atoms with Crippen molar-refractivity contribution in [2.45, 2.75) is 34.7 Å². The number of pyridine rings is 1. The first-order chi connectivity index (χ1) is 14.9. The number of thiazole rings is 1. The van der Waals surface area contributed by atoms with Gasteiger partial charge in [0.25, 0.3) is 5.19 Å². The van der Waals surface area contributed by atoms with Gasteiger partial charge in [-0.1, -0.05) is 39.9 Å². The number of aromatic nitrogens is 5. The summed E-state index contributed by atoms with van der Waals surface area (Å²) in [4.78, 5) is 8.40. The molecule has 0 aliphatic carbocycles. The molecule has 4 rings (SSSR count). The second-order valence-corrected chi connectivity index (χ2v) is 8.94. The number of halogens is 1. The predicted molar refractivity (Wildman–Crippen MR) is 109 cm³/mol. The monoisotopic (exact) mass is 482 g/mol. The quantitative estimate of drug-likeness (QED) is 0.405. The van der Waals surface area contributed by atoms with Crippen molar-refractivity contribution in [3.8, 4) is 22.7 Å². The summed E-state index contributed by atoms with van der Waals surface area (Å²) in [5.74, 6) is 0. The number of nitriles is 1. The van der Waals surface area contributed by atoms with Gasteiger partial charge in [-0.05, 0) is 6.07 Å². The van der Waals surface area contributed by atoms with Crippen molar-refractivity contribution in [1.82, 2.24) is 25.0 Å². The molecule has 0 aromatic carbocycles. The van der Waals surface area contributed by atoms with Crippen molar-refractivity contribution in [3.05, 3.63) is 34.6 Å². The van der Waals surface area contributed by atoms with Gasteiger partial charge in [0.15, 0.2) is 5.69 Å². The molecule has 2 unspecified atom stereocenters. The van der Waals surface area contributed by atoms with E-state index in [4.69, 9.17) is 21.6 Å². The van der Waals surface area contributed by atoms with Crippen LogP contribution < -0.4 is 0 Å². The molecular formula is C17H15ClN6O5S2. The minimum Gasteiger partial charge on any atom is -0.486 e. The SMILES string of the molecule is N#Cc1ncc(S[C@H]2OC(CO)[C@H](O)[C@H](n3cc(-c4csc(O)n4)nn3)C2O)cc1Cl. The van der Waals surface area contributed by atoms with E-state index in [2.05, 4.69) is 20.3 Å². The maximum atomic E-state index is 10.9. The topological polar surface area (TPSA) is 170 Å². The fourth-order valence-corrected chi connectivity index (χ4v) is 4.98. The minimum atomic E-state index is -1.28. The van der Waals surface area contributed by atoms with Gasteiger partial charge in [-0.3, -0.25) is 0 Å². The Labute approximate surface area is 188 Å². The van der Waals surface area contributed by atoms with Crippen molar-refractivity contribution in [3.63, 3.8) is 0 Å². The Hall–Kier alpha value is -2.31. The summed E-state index contributed by atoms with van der Waals surface area (Å²) in [6.45, 7) is -0.491. The van der Waals surface area contributed by atoms with E-state index < -0.39 is 36.4 Å². The van der Waals surface area contributed by atoms with Gasteiger partial charge in [0.05, 0.1) is 17.8 Å². The molecule has 3 aromatic heterocycles. The highest BCUT2D eigenvalue weighted by Crippen LogP contribution is 2.38. The third-order valence-corrected chi connectivity index (χ3v) is 6.64. The Morgan fingerprint density at radius 3 is 2.77 bits per heavy atom. The van der Waals surface area contributed by atoms with E-state index >= 15 is 0 Å². The largest absolute Gasteiger partial charge is 0.486 e. The molecular weight excluding hydrogens is 468 g/mol. The summed E-state index contributed by atoms with van der Waals surface area (Å²) < 4.78 is 6.96. The lowest BCUT2D eigenvalue weighted by atomic mass is 9.97. The van der Waals surface area contributed by atoms with E-state index in [1.807, 2.05) is 6.07 Å². The van der Waals surface area contributed by atoms with Crippen molar-refractivity contribution in [1.29, 1.82) is 5.26 Å². The van der Waals surface area contributed by atoms with Gasteiger partial charge in [-0.25, -0.2) is 14.6 Å². The molecule has 0 saturated carbocycles. The molecule has 3 aromatic rings. The molecule has 4 heterocycles. The molecule has 0 amide bonds. The normalized spacial score (nSPS) is 26.0. The van der Waals surface area contributed by atoms with E-state index in [9.17, 15) is 20.4 Å². The summed E-state index contributed by atoms with van der Waals surface area (Å²) >= 11 is 8.13. The lowest BCUT2D eigenvalue weighted by Crippen LogP contribution is -2.55. The van der Waals surface area contributed by atoms with Gasteiger partial charge in [-0.15, -0.1) is 5.10 Å². The molecule has 162 valence electrons. The van der Waals surface area contributed by atoms with Crippen molar-refractivity contribution in [2.75, 3.05) is 6.61 Å². The predicted octanol–water partition coefficient (Wildman–Crippen LogP) is 0.800. The molecule has 14 heteroatoms. The minimum absolute atomic E-state index is 0.0703. The summed E-state index contributed by atoms with van der Waals surface area (Å²) in [5, 5.41) is 59.3. The van der Waals surface area contributed by atoms with Crippen LogP contribution in [0.4, 0.5) is 0 Å². The molecule has 0 bridgehead atoms. The number of ether oxygens (including phenoxy) is 1. The molecule has 0 spiro atoms. The zero-order valence-electron chi connectivity index (χ0n) is 15.5. The van der Waals surface area contributed by atoms with E-state index in [1.165, 1.54) is 23.1 Å². The van der Waals surface area contributed by atoms with E-state index in [1.54, 1.807) is 5.38 Å². The second kappa shape index (κ2) is 9.05. The molecule has 31 heavy (non-hydrogen) atoms. The smallest absolute Gasteiger partial charge is 0.271 e. The Morgan fingerprint density at radius 1 is 1.32 bits per heavy atom. The van der Waals surface area contributed by atoms with E-state index in [0.717, 1.165) is 23.1 Å². The summed E-state index contributed by atoms with van der Waals surface area (Å²) in [5.41, 5.74) is -0.101. The highest BCUT2D eigenvalue weighted by molar-refractivity contribution is 7.99. The lowest BCUT2D eigenvalue weighted by Gasteiger charge is -2.41. The Balaban J connectivity index is 1.60. The van der Waals surface area contributed by atoms with Gasteiger partial charge in [0.1, 0.15) is 47.2 Å². The van der Waals surface area contributed by atoms with Crippen LogP contribution in [0, 0.1) is 11.3 Å². The number of aliphatic hydroxyl groups excluding tert-OH is 3. The highest BCUT2D eigenvalue weighted by Gasteiger charge is 2.46. The maximum absolute atomic E-state index is 10.9. The van der Waals surface area contributed by atoms with E-state index in [-0.39, 0.29) is 15.9 Å². The summed E-state index contributed by atoms with van der Waals surface area (Å²) in [7, 11) is 0. The third kappa shape index (κ3) is 4.37. The van der Waals surface area contributed by atoms with Gasteiger partial charge >= 0.3 is 0 Å². The van der Waals surface area contributed by atoms with Gasteiger partial charge in [0.2, 0.25) is 0 Å². The molecule has 1 aliphatic heterocycles. The van der Waals surface area contributed by atoms with Crippen LogP contribution in [0.2, 0.25) is 5.02 Å². The Bertz CT molecular complexity index is 1120. The van der Waals surface area contributed by atoms with Crippen molar-refractivity contribution < 1.29 is 25.2 Å². The second-order valence-electron chi connectivity index (χ2n) is 6.53. The van der Waals surface area contributed by atoms with Crippen LogP contribution >= 0.6 is 34.7 Å². The number of aromatic hydroxyl groups is 1. The number of nitrogens with zero attached hydrogens (tertiary/aromatic N) is 6. The van der Waals surface area contributed by atoms with Gasteiger partial charge in [0, 0.05) is 16.5 Å². The fourth-order valence-electron chi connectivity index (χ4n) is 3.10. The van der Waals surface area contributed by atoms with Gasteiger partial charge < -0.3 is 25.2 Å². The zero-order valence-corrected chi connectivity index (χ0v) is 17.9. The molecule has 1 aliphatic rings. The molecule has 11 nitrogen and oxygen atoms in total. The molecule has 1 saturated heterocycles. The van der Waals surface area contributed by atoms with Crippen LogP contribution in [-0.4, -0.2) is 75.7 Å². The first-order valence-corrected chi connectivity index (χ1v) is 11.0. The van der Waals surface area contributed by atoms with Crippen LogP contribution in [0.15, 0.2) is 28.7 Å². The maximum Gasteiger partial charge on any atom is 0.271 e. The zero-order chi connectivity index (χ0) is 22.1. The average molecular weight is 483 g/mol. The number of aliphatic hydroxyl groups is 3. The van der Waals surface area contributed by atoms with Crippen LogP contribution in [0.3, 0.4) is 0 Å². The number of rotatable bonds is 5. The highest BCUT2D eigenvalue weighted by atomic mass is 35.5. The Morgan fingerprint density at radius 2 is 2.13 bits per heavy atom. The molecule has 4 N–H and O–H groups in total. The first kappa shape index (κ1) is 21.9. The average Bonchev–Trinajstić information content (AvgIpc) is 3.39. The lowest BCUT2D eigenvalue weighted by molar-refractivity contribution is -0.178. The summed E-state index contributed by atoms with van der Waals surface area (Å²) in [6, 6.07) is 2.40. The third-order valence-electron chi connectivity index (χ3n) is 4.59. The van der Waals surface area contributed by atoms with Crippen LogP contribution in [-0.2, 0) is 4.74 Å².